The Morgan fingerprint density at radius 1 is 0.952 bits per heavy atom. The van der Waals surface area contributed by atoms with Crippen LogP contribution in [0.2, 0.25) is 15.1 Å². The van der Waals surface area contributed by atoms with E-state index < -0.39 is 0 Å². The fourth-order valence-electron chi connectivity index (χ4n) is 2.28. The molecule has 0 aliphatic rings. The Morgan fingerprint density at radius 3 is 2.29 bits per heavy atom. The standard InChI is InChI=1S/C18H18Cl3/c1-13(14-6-9-16(19)10-7-14)4-2-3-5-15-8-11-17(20)12-18(15)21/h2,6-13H,3-5H2,1H3. The fraction of sp³-hybridized carbons (Fsp3) is 0.278. The second kappa shape index (κ2) is 8.08. The van der Waals surface area contributed by atoms with E-state index in [9.17, 15) is 0 Å². The summed E-state index contributed by atoms with van der Waals surface area (Å²) in [5.74, 6) is 0.503. The molecule has 0 spiro atoms. The van der Waals surface area contributed by atoms with Crippen LogP contribution in [0.15, 0.2) is 42.5 Å². The van der Waals surface area contributed by atoms with Gasteiger partial charge in [0.1, 0.15) is 0 Å². The van der Waals surface area contributed by atoms with Crippen LogP contribution >= 0.6 is 34.8 Å². The van der Waals surface area contributed by atoms with Crippen LogP contribution < -0.4 is 0 Å². The van der Waals surface area contributed by atoms with Crippen LogP contribution in [-0.4, -0.2) is 0 Å². The molecule has 0 bridgehead atoms. The summed E-state index contributed by atoms with van der Waals surface area (Å²) >= 11 is 18.0. The van der Waals surface area contributed by atoms with Gasteiger partial charge in [0, 0.05) is 15.1 Å². The van der Waals surface area contributed by atoms with Gasteiger partial charge in [0.15, 0.2) is 0 Å². The Kier molecular flexibility index (Phi) is 6.41. The van der Waals surface area contributed by atoms with Gasteiger partial charge >= 0.3 is 0 Å². The minimum atomic E-state index is 0.503. The van der Waals surface area contributed by atoms with Gasteiger partial charge in [-0.05, 0) is 67.0 Å². The van der Waals surface area contributed by atoms with Crippen molar-refractivity contribution in [3.05, 3.63) is 75.1 Å². The molecule has 0 saturated carbocycles. The monoisotopic (exact) mass is 339 g/mol. The average molecular weight is 341 g/mol. The Labute approximate surface area is 142 Å². The van der Waals surface area contributed by atoms with Crippen LogP contribution in [0.25, 0.3) is 0 Å². The van der Waals surface area contributed by atoms with Crippen LogP contribution in [0.5, 0.6) is 0 Å². The van der Waals surface area contributed by atoms with Crippen LogP contribution in [-0.2, 0) is 6.42 Å². The van der Waals surface area contributed by atoms with Crippen molar-refractivity contribution >= 4 is 34.8 Å². The summed E-state index contributed by atoms with van der Waals surface area (Å²) in [6.45, 7) is 2.23. The van der Waals surface area contributed by atoms with E-state index in [4.69, 9.17) is 34.8 Å². The highest BCUT2D eigenvalue weighted by atomic mass is 35.5. The number of halogens is 3. The van der Waals surface area contributed by atoms with Gasteiger partial charge in [0.2, 0.25) is 0 Å². The van der Waals surface area contributed by atoms with Gasteiger partial charge in [-0.15, -0.1) is 0 Å². The van der Waals surface area contributed by atoms with E-state index in [0.717, 1.165) is 34.9 Å². The van der Waals surface area contributed by atoms with Crippen molar-refractivity contribution in [2.45, 2.75) is 32.1 Å². The summed E-state index contributed by atoms with van der Waals surface area (Å²) in [5.41, 5.74) is 2.47. The number of benzene rings is 2. The van der Waals surface area contributed by atoms with Crippen LogP contribution in [0.4, 0.5) is 0 Å². The molecule has 2 aromatic rings. The molecule has 1 atom stereocenters. The normalized spacial score (nSPS) is 12.4. The van der Waals surface area contributed by atoms with Gasteiger partial charge in [0.25, 0.3) is 0 Å². The van der Waals surface area contributed by atoms with E-state index >= 15 is 0 Å². The zero-order chi connectivity index (χ0) is 15.2. The first-order valence-corrected chi connectivity index (χ1v) is 8.20. The number of hydrogen-bond donors (Lipinski definition) is 0. The van der Waals surface area contributed by atoms with Gasteiger partial charge in [-0.2, -0.15) is 0 Å². The highest BCUT2D eigenvalue weighted by Gasteiger charge is 2.06. The average Bonchev–Trinajstić information content (AvgIpc) is 2.46. The van der Waals surface area contributed by atoms with Crippen molar-refractivity contribution in [1.82, 2.24) is 0 Å². The smallest absolute Gasteiger partial charge is 0.0452 e. The highest BCUT2D eigenvalue weighted by molar-refractivity contribution is 6.35. The summed E-state index contributed by atoms with van der Waals surface area (Å²) in [7, 11) is 0. The number of aryl methyl sites for hydroxylation is 1. The third kappa shape index (κ3) is 5.21. The lowest BCUT2D eigenvalue weighted by atomic mass is 9.94. The molecule has 0 heterocycles. The van der Waals surface area contributed by atoms with Crippen molar-refractivity contribution in [1.29, 1.82) is 0 Å². The van der Waals surface area contributed by atoms with Crippen LogP contribution in [0.3, 0.4) is 0 Å². The lowest BCUT2D eigenvalue weighted by molar-refractivity contribution is 0.711. The molecular weight excluding hydrogens is 323 g/mol. The maximum absolute atomic E-state index is 6.17. The number of rotatable bonds is 6. The summed E-state index contributed by atoms with van der Waals surface area (Å²) in [6.07, 6.45) is 5.33. The van der Waals surface area contributed by atoms with Crippen LogP contribution in [0, 0.1) is 6.42 Å². The molecule has 0 aliphatic carbocycles. The first-order chi connectivity index (χ1) is 10.1. The van der Waals surface area contributed by atoms with Crippen molar-refractivity contribution < 1.29 is 0 Å². The molecule has 2 aromatic carbocycles. The lowest BCUT2D eigenvalue weighted by Crippen LogP contribution is -1.95. The molecule has 1 radical (unpaired) electrons. The van der Waals surface area contributed by atoms with E-state index in [-0.39, 0.29) is 0 Å². The molecular formula is C18H18Cl3. The minimum Gasteiger partial charge on any atom is -0.0843 e. The second-order valence-electron chi connectivity index (χ2n) is 5.25. The van der Waals surface area contributed by atoms with E-state index in [1.54, 1.807) is 6.07 Å². The first-order valence-electron chi connectivity index (χ1n) is 7.07. The van der Waals surface area contributed by atoms with Crippen molar-refractivity contribution in [2.75, 3.05) is 0 Å². The molecule has 0 aliphatic heterocycles. The zero-order valence-electron chi connectivity index (χ0n) is 12.0. The Hall–Kier alpha value is -0.690. The maximum atomic E-state index is 6.17. The molecule has 0 amide bonds. The number of hydrogen-bond acceptors (Lipinski definition) is 0. The third-order valence-corrected chi connectivity index (χ3v) is 4.43. The molecule has 2 rings (SSSR count). The predicted molar refractivity (Wildman–Crippen MR) is 93.6 cm³/mol. The van der Waals surface area contributed by atoms with E-state index in [0.29, 0.717) is 10.9 Å². The summed E-state index contributed by atoms with van der Waals surface area (Å²) in [4.78, 5) is 0. The van der Waals surface area contributed by atoms with Crippen molar-refractivity contribution in [2.24, 2.45) is 0 Å². The fourth-order valence-corrected chi connectivity index (χ4v) is 2.91. The topological polar surface area (TPSA) is 0 Å². The molecule has 3 heteroatoms. The molecule has 0 saturated heterocycles. The predicted octanol–water partition coefficient (Wildman–Crippen LogP) is 6.98. The third-order valence-electron chi connectivity index (χ3n) is 3.59. The maximum Gasteiger partial charge on any atom is 0.0452 e. The number of unbranched alkanes of at least 4 members (excludes halogenated alkanes) is 1. The SMILES string of the molecule is CC(C[CH]CCc1ccc(Cl)cc1Cl)c1ccc(Cl)cc1. The van der Waals surface area contributed by atoms with Gasteiger partial charge in [-0.3, -0.25) is 0 Å². The summed E-state index contributed by atoms with van der Waals surface area (Å²) < 4.78 is 0. The highest BCUT2D eigenvalue weighted by Crippen LogP contribution is 2.25. The Morgan fingerprint density at radius 2 is 1.62 bits per heavy atom. The second-order valence-corrected chi connectivity index (χ2v) is 6.53. The Balaban J connectivity index is 1.77. The largest absolute Gasteiger partial charge is 0.0843 e. The van der Waals surface area contributed by atoms with Gasteiger partial charge in [-0.25, -0.2) is 0 Å². The molecule has 0 fully saturated rings. The first kappa shape index (κ1) is 16.7. The molecule has 1 unspecified atom stereocenters. The molecule has 0 nitrogen and oxygen atoms in total. The Bertz CT molecular complexity index is 576. The minimum absolute atomic E-state index is 0.503. The van der Waals surface area contributed by atoms with Gasteiger partial charge in [0.05, 0.1) is 0 Å². The van der Waals surface area contributed by atoms with Crippen molar-refractivity contribution in [3.8, 4) is 0 Å². The molecule has 0 N–H and O–H groups in total. The van der Waals surface area contributed by atoms with E-state index in [2.05, 4.69) is 25.5 Å². The van der Waals surface area contributed by atoms with Gasteiger partial charge in [-0.1, -0.05) is 59.9 Å². The molecule has 21 heavy (non-hydrogen) atoms. The van der Waals surface area contributed by atoms with Crippen molar-refractivity contribution in [3.63, 3.8) is 0 Å². The van der Waals surface area contributed by atoms with Crippen LogP contribution in [0.1, 0.15) is 36.8 Å². The summed E-state index contributed by atoms with van der Waals surface area (Å²) in [5, 5.41) is 2.22. The molecule has 111 valence electrons. The van der Waals surface area contributed by atoms with E-state index in [1.165, 1.54) is 5.56 Å². The molecule has 0 aromatic heterocycles. The van der Waals surface area contributed by atoms with E-state index in [1.807, 2.05) is 24.3 Å². The van der Waals surface area contributed by atoms with Gasteiger partial charge < -0.3 is 0 Å². The zero-order valence-corrected chi connectivity index (χ0v) is 14.2. The lowest BCUT2D eigenvalue weighted by Gasteiger charge is -2.12. The summed E-state index contributed by atoms with van der Waals surface area (Å²) in [6, 6.07) is 13.8. The quantitative estimate of drug-likeness (QED) is 0.498.